The minimum Gasteiger partial charge on any atom is -0.464 e. The monoisotopic (exact) mass is 482 g/mol. The van der Waals surface area contributed by atoms with Gasteiger partial charge in [0.2, 0.25) is 10.0 Å². The maximum absolute atomic E-state index is 13.4. The van der Waals surface area contributed by atoms with Crippen molar-refractivity contribution in [2.75, 3.05) is 19.6 Å². The molecule has 0 spiro atoms. The van der Waals surface area contributed by atoms with E-state index < -0.39 is 10.0 Å². The van der Waals surface area contributed by atoms with Crippen molar-refractivity contribution in [3.05, 3.63) is 87.8 Å². The predicted molar refractivity (Wildman–Crippen MR) is 131 cm³/mol. The van der Waals surface area contributed by atoms with Crippen molar-refractivity contribution in [2.24, 2.45) is 0 Å². The fourth-order valence-electron chi connectivity index (χ4n) is 4.54. The standard InChI is InChI=1S/C26H27ClN2O3S/c27-24-16-21(9-8-20-6-2-1-3-7-20)10-11-26(24)33(30,31)29-15-12-25-22(18-29)17-23(32-25)19-28-13-4-5-14-28/h1-3,6-11,16-17H,4-5,12-15,18-19H2. The van der Waals surface area contributed by atoms with E-state index >= 15 is 0 Å². The molecule has 1 aromatic heterocycles. The number of furan rings is 1. The van der Waals surface area contributed by atoms with Crippen LogP contribution in [-0.2, 0) is 29.5 Å². The van der Waals surface area contributed by atoms with Crippen molar-refractivity contribution in [3.8, 4) is 0 Å². The fourth-order valence-corrected chi connectivity index (χ4v) is 6.48. The van der Waals surface area contributed by atoms with Gasteiger partial charge in [-0.2, -0.15) is 4.31 Å². The molecule has 5 rings (SSSR count). The number of hydrogen-bond acceptors (Lipinski definition) is 4. The Morgan fingerprint density at radius 3 is 2.45 bits per heavy atom. The molecule has 172 valence electrons. The summed E-state index contributed by atoms with van der Waals surface area (Å²) in [4.78, 5) is 2.53. The van der Waals surface area contributed by atoms with Crippen molar-refractivity contribution in [1.82, 2.24) is 9.21 Å². The zero-order valence-corrected chi connectivity index (χ0v) is 20.0. The highest BCUT2D eigenvalue weighted by atomic mass is 35.5. The number of hydrogen-bond donors (Lipinski definition) is 0. The number of nitrogens with zero attached hydrogens (tertiary/aromatic N) is 2. The van der Waals surface area contributed by atoms with Gasteiger partial charge in [0.25, 0.3) is 0 Å². The second kappa shape index (κ2) is 9.47. The Labute approximate surface area is 200 Å². The molecule has 0 atom stereocenters. The Balaban J connectivity index is 1.31. The van der Waals surface area contributed by atoms with E-state index in [9.17, 15) is 8.42 Å². The third-order valence-corrected chi connectivity index (χ3v) is 8.63. The van der Waals surface area contributed by atoms with Crippen LogP contribution in [0.1, 0.15) is 41.1 Å². The number of halogens is 1. The van der Waals surface area contributed by atoms with Crippen LogP contribution in [0.15, 0.2) is 63.9 Å². The van der Waals surface area contributed by atoms with Crippen molar-refractivity contribution >= 4 is 33.8 Å². The van der Waals surface area contributed by atoms with Crippen LogP contribution in [-0.4, -0.2) is 37.3 Å². The van der Waals surface area contributed by atoms with Gasteiger partial charge >= 0.3 is 0 Å². The molecule has 1 saturated heterocycles. The molecule has 0 aliphatic carbocycles. The zero-order valence-electron chi connectivity index (χ0n) is 18.4. The van der Waals surface area contributed by atoms with Gasteiger partial charge in [-0.15, -0.1) is 0 Å². The maximum Gasteiger partial charge on any atom is 0.244 e. The number of likely N-dealkylation sites (tertiary alicyclic amines) is 1. The summed E-state index contributed by atoms with van der Waals surface area (Å²) < 4.78 is 34.3. The molecule has 7 heteroatoms. The van der Waals surface area contributed by atoms with Crippen molar-refractivity contribution in [2.45, 2.75) is 37.2 Å². The minimum absolute atomic E-state index is 0.144. The van der Waals surface area contributed by atoms with Crippen LogP contribution >= 0.6 is 11.6 Å². The Morgan fingerprint density at radius 1 is 0.939 bits per heavy atom. The maximum atomic E-state index is 13.4. The largest absolute Gasteiger partial charge is 0.464 e. The van der Waals surface area contributed by atoms with Crippen LogP contribution in [0.3, 0.4) is 0 Å². The van der Waals surface area contributed by atoms with Crippen LogP contribution in [0, 0.1) is 0 Å². The molecular formula is C26H27ClN2O3S. The Kier molecular flexibility index (Phi) is 6.43. The molecule has 2 aliphatic rings. The van der Waals surface area contributed by atoms with Crippen LogP contribution < -0.4 is 0 Å². The first-order chi connectivity index (χ1) is 16.0. The van der Waals surface area contributed by atoms with Crippen molar-refractivity contribution in [3.63, 3.8) is 0 Å². The van der Waals surface area contributed by atoms with E-state index in [0.29, 0.717) is 19.5 Å². The van der Waals surface area contributed by atoms with E-state index in [4.69, 9.17) is 16.0 Å². The summed E-state index contributed by atoms with van der Waals surface area (Å²) in [6, 6.07) is 17.1. The highest BCUT2D eigenvalue weighted by Crippen LogP contribution is 2.31. The number of sulfonamides is 1. The van der Waals surface area contributed by atoms with Gasteiger partial charge in [0, 0.05) is 25.1 Å². The lowest BCUT2D eigenvalue weighted by atomic mass is 10.1. The first-order valence-corrected chi connectivity index (χ1v) is 13.2. The second-order valence-corrected chi connectivity index (χ2v) is 11.0. The molecule has 1 fully saturated rings. The lowest BCUT2D eigenvalue weighted by molar-refractivity contribution is 0.288. The van der Waals surface area contributed by atoms with Crippen LogP contribution in [0.4, 0.5) is 0 Å². The number of benzene rings is 2. The van der Waals surface area contributed by atoms with E-state index in [1.807, 2.05) is 48.6 Å². The average molecular weight is 483 g/mol. The van der Waals surface area contributed by atoms with E-state index in [1.54, 1.807) is 18.2 Å². The SMILES string of the molecule is O=S(=O)(c1ccc(C=Cc2ccccc2)cc1Cl)N1CCc2oc(CN3CCCC3)cc2C1. The van der Waals surface area contributed by atoms with E-state index in [1.165, 1.54) is 17.1 Å². The van der Waals surface area contributed by atoms with Crippen molar-refractivity contribution in [1.29, 1.82) is 0 Å². The molecule has 0 radical (unpaired) electrons. The summed E-state index contributed by atoms with van der Waals surface area (Å²) in [5.41, 5.74) is 2.88. The highest BCUT2D eigenvalue weighted by molar-refractivity contribution is 7.89. The topological polar surface area (TPSA) is 53.8 Å². The Bertz CT molecular complexity index is 1260. The minimum atomic E-state index is -3.71. The van der Waals surface area contributed by atoms with Gasteiger partial charge in [0.05, 0.1) is 11.6 Å². The molecule has 2 aliphatic heterocycles. The summed E-state index contributed by atoms with van der Waals surface area (Å²) in [7, 11) is -3.71. The smallest absolute Gasteiger partial charge is 0.244 e. The summed E-state index contributed by atoms with van der Waals surface area (Å²) in [5.74, 6) is 1.83. The van der Waals surface area contributed by atoms with Crippen LogP contribution in [0.25, 0.3) is 12.2 Å². The molecule has 0 saturated carbocycles. The summed E-state index contributed by atoms with van der Waals surface area (Å²) in [5, 5.41) is 0.234. The molecule has 3 aromatic rings. The molecular weight excluding hydrogens is 456 g/mol. The summed E-state index contributed by atoms with van der Waals surface area (Å²) >= 11 is 6.45. The van der Waals surface area contributed by atoms with Gasteiger partial charge in [-0.1, -0.05) is 60.2 Å². The fraction of sp³-hybridized carbons (Fsp3) is 0.308. The quantitative estimate of drug-likeness (QED) is 0.438. The molecule has 0 bridgehead atoms. The third kappa shape index (κ3) is 4.94. The van der Waals surface area contributed by atoms with E-state index in [-0.39, 0.29) is 9.92 Å². The molecule has 0 N–H and O–H groups in total. The van der Waals surface area contributed by atoms with Crippen LogP contribution in [0.5, 0.6) is 0 Å². The van der Waals surface area contributed by atoms with Gasteiger partial charge in [-0.05, 0) is 55.3 Å². The highest BCUT2D eigenvalue weighted by Gasteiger charge is 2.32. The second-order valence-electron chi connectivity index (χ2n) is 8.67. The zero-order chi connectivity index (χ0) is 22.8. The first-order valence-electron chi connectivity index (χ1n) is 11.3. The Hall–Kier alpha value is -2.38. The lowest BCUT2D eigenvalue weighted by Gasteiger charge is -2.26. The number of fused-ring (bicyclic) bond motifs is 1. The molecule has 5 nitrogen and oxygen atoms in total. The van der Waals surface area contributed by atoms with Crippen LogP contribution in [0.2, 0.25) is 5.02 Å². The summed E-state index contributed by atoms with van der Waals surface area (Å²) in [6.07, 6.45) is 6.94. The Morgan fingerprint density at radius 2 is 1.70 bits per heavy atom. The normalized spacial score (nSPS) is 17.6. The molecule has 0 amide bonds. The lowest BCUT2D eigenvalue weighted by Crippen LogP contribution is -2.35. The van der Waals surface area contributed by atoms with Crippen molar-refractivity contribution < 1.29 is 12.8 Å². The molecule has 2 aromatic carbocycles. The third-order valence-electron chi connectivity index (χ3n) is 6.30. The number of rotatable bonds is 6. The van der Waals surface area contributed by atoms with E-state index in [0.717, 1.165) is 47.8 Å². The molecule has 3 heterocycles. The van der Waals surface area contributed by atoms with Gasteiger partial charge < -0.3 is 4.42 Å². The van der Waals surface area contributed by atoms with Gasteiger partial charge in [-0.25, -0.2) is 8.42 Å². The van der Waals surface area contributed by atoms with Gasteiger partial charge in [-0.3, -0.25) is 4.90 Å². The van der Waals surface area contributed by atoms with Gasteiger partial charge in [0.15, 0.2) is 0 Å². The first kappa shape index (κ1) is 22.4. The summed E-state index contributed by atoms with van der Waals surface area (Å²) in [6.45, 7) is 3.69. The predicted octanol–water partition coefficient (Wildman–Crippen LogP) is 5.45. The van der Waals surface area contributed by atoms with E-state index in [2.05, 4.69) is 4.90 Å². The molecule has 33 heavy (non-hydrogen) atoms. The molecule has 0 unspecified atom stereocenters. The average Bonchev–Trinajstić information content (AvgIpc) is 3.47. The van der Waals surface area contributed by atoms with Gasteiger partial charge in [0.1, 0.15) is 16.4 Å².